The smallest absolute Gasteiger partial charge is 0.257 e. The molecule has 0 spiro atoms. The van der Waals surface area contributed by atoms with Gasteiger partial charge in [0.05, 0.1) is 13.2 Å². The van der Waals surface area contributed by atoms with Gasteiger partial charge >= 0.3 is 0 Å². The Bertz CT molecular complexity index is 829. The predicted molar refractivity (Wildman–Crippen MR) is 108 cm³/mol. The number of rotatable bonds is 3. The van der Waals surface area contributed by atoms with E-state index in [1.165, 1.54) is 0 Å². The van der Waals surface area contributed by atoms with Gasteiger partial charge in [-0.3, -0.25) is 14.9 Å². The van der Waals surface area contributed by atoms with Gasteiger partial charge in [0, 0.05) is 29.9 Å². The molecule has 0 bridgehead atoms. The van der Waals surface area contributed by atoms with Crippen LogP contribution >= 0.6 is 12.2 Å². The minimum absolute atomic E-state index is 0.0138. The molecule has 6 nitrogen and oxygen atoms in total. The van der Waals surface area contributed by atoms with E-state index in [-0.39, 0.29) is 16.9 Å². The van der Waals surface area contributed by atoms with Crippen molar-refractivity contribution < 1.29 is 14.3 Å². The predicted octanol–water partition coefficient (Wildman–Crippen LogP) is 2.59. The number of aryl methyl sites for hydroxylation is 1. The molecule has 7 heteroatoms. The van der Waals surface area contributed by atoms with Gasteiger partial charge in [-0.25, -0.2) is 0 Å². The summed E-state index contributed by atoms with van der Waals surface area (Å²) in [5.74, 6) is -0.285. The fourth-order valence-electron chi connectivity index (χ4n) is 2.69. The molecular formula is C20H21N3O3S. The van der Waals surface area contributed by atoms with Crippen molar-refractivity contribution in [3.05, 3.63) is 65.2 Å². The van der Waals surface area contributed by atoms with Gasteiger partial charge in [0.15, 0.2) is 5.11 Å². The van der Waals surface area contributed by atoms with Gasteiger partial charge in [-0.1, -0.05) is 17.7 Å². The molecule has 1 fully saturated rings. The monoisotopic (exact) mass is 383 g/mol. The summed E-state index contributed by atoms with van der Waals surface area (Å²) in [4.78, 5) is 26.4. The van der Waals surface area contributed by atoms with E-state index in [0.29, 0.717) is 43.1 Å². The van der Waals surface area contributed by atoms with Gasteiger partial charge in [0.25, 0.3) is 11.8 Å². The normalized spacial score (nSPS) is 13.7. The summed E-state index contributed by atoms with van der Waals surface area (Å²) in [6.07, 6.45) is 0. The van der Waals surface area contributed by atoms with Crippen molar-refractivity contribution in [2.45, 2.75) is 6.92 Å². The van der Waals surface area contributed by atoms with Crippen molar-refractivity contribution in [1.82, 2.24) is 10.2 Å². The Morgan fingerprint density at radius 2 is 1.56 bits per heavy atom. The van der Waals surface area contributed by atoms with E-state index in [1.54, 1.807) is 41.3 Å². The Morgan fingerprint density at radius 3 is 2.19 bits per heavy atom. The molecule has 2 aromatic carbocycles. The minimum atomic E-state index is -0.272. The van der Waals surface area contributed by atoms with Gasteiger partial charge in [-0.15, -0.1) is 0 Å². The van der Waals surface area contributed by atoms with E-state index in [0.717, 1.165) is 5.56 Å². The first-order valence-electron chi connectivity index (χ1n) is 8.69. The maximum absolute atomic E-state index is 12.4. The van der Waals surface area contributed by atoms with Gasteiger partial charge in [-0.2, -0.15) is 0 Å². The van der Waals surface area contributed by atoms with Gasteiger partial charge in [0.1, 0.15) is 0 Å². The lowest BCUT2D eigenvalue weighted by atomic mass is 10.1. The largest absolute Gasteiger partial charge is 0.378 e. The topological polar surface area (TPSA) is 70.7 Å². The number of carbonyl (C=O) groups excluding carboxylic acids is 2. The van der Waals surface area contributed by atoms with Crippen molar-refractivity contribution in [2.75, 3.05) is 31.6 Å². The average Bonchev–Trinajstić information content (AvgIpc) is 2.69. The molecule has 0 radical (unpaired) electrons. The van der Waals surface area contributed by atoms with Crippen LogP contribution in [0.3, 0.4) is 0 Å². The third kappa shape index (κ3) is 5.12. The molecular weight excluding hydrogens is 362 g/mol. The average molecular weight is 383 g/mol. The summed E-state index contributed by atoms with van der Waals surface area (Å²) in [5, 5.41) is 5.80. The molecule has 0 aliphatic carbocycles. The number of nitrogens with one attached hydrogen (secondary N) is 2. The highest BCUT2D eigenvalue weighted by Crippen LogP contribution is 2.13. The summed E-state index contributed by atoms with van der Waals surface area (Å²) in [6, 6.07) is 14.2. The van der Waals surface area contributed by atoms with Crippen molar-refractivity contribution >= 4 is 34.8 Å². The molecule has 0 aromatic heterocycles. The zero-order valence-corrected chi connectivity index (χ0v) is 15.8. The summed E-state index contributed by atoms with van der Waals surface area (Å²) >= 11 is 5.19. The lowest BCUT2D eigenvalue weighted by molar-refractivity contribution is 0.0303. The van der Waals surface area contributed by atoms with Crippen LogP contribution in [-0.2, 0) is 4.74 Å². The van der Waals surface area contributed by atoms with Crippen LogP contribution < -0.4 is 10.6 Å². The first kappa shape index (κ1) is 19.0. The quantitative estimate of drug-likeness (QED) is 0.798. The number of ether oxygens (including phenoxy) is 1. The molecule has 1 heterocycles. The number of morpholine rings is 1. The lowest BCUT2D eigenvalue weighted by Gasteiger charge is -2.26. The summed E-state index contributed by atoms with van der Waals surface area (Å²) in [7, 11) is 0. The SMILES string of the molecule is Cc1ccc(C(=O)NC(=S)Nc2ccc(C(=O)N3CCOCC3)cc2)cc1. The Balaban J connectivity index is 1.55. The number of amides is 2. The van der Waals surface area contributed by atoms with Gasteiger partial charge in [-0.05, 0) is 55.5 Å². The molecule has 0 saturated carbocycles. The van der Waals surface area contributed by atoms with E-state index in [9.17, 15) is 9.59 Å². The van der Waals surface area contributed by atoms with Gasteiger partial charge in [0.2, 0.25) is 0 Å². The molecule has 0 unspecified atom stereocenters. The zero-order chi connectivity index (χ0) is 19.2. The highest BCUT2D eigenvalue weighted by Gasteiger charge is 2.18. The fraction of sp³-hybridized carbons (Fsp3) is 0.250. The second-order valence-corrected chi connectivity index (χ2v) is 6.66. The number of carbonyl (C=O) groups is 2. The summed E-state index contributed by atoms with van der Waals surface area (Å²) in [5.41, 5.74) is 2.93. The van der Waals surface area contributed by atoms with Crippen molar-refractivity contribution in [1.29, 1.82) is 0 Å². The molecule has 0 atom stereocenters. The third-order valence-electron chi connectivity index (χ3n) is 4.23. The minimum Gasteiger partial charge on any atom is -0.378 e. The molecule has 1 saturated heterocycles. The van der Waals surface area contributed by atoms with Crippen LogP contribution in [0.2, 0.25) is 0 Å². The first-order valence-corrected chi connectivity index (χ1v) is 9.10. The number of hydrogen-bond donors (Lipinski definition) is 2. The highest BCUT2D eigenvalue weighted by atomic mass is 32.1. The first-order chi connectivity index (χ1) is 13.0. The fourth-order valence-corrected chi connectivity index (χ4v) is 2.90. The molecule has 3 rings (SSSR count). The molecule has 1 aliphatic rings. The van der Waals surface area contributed by atoms with Crippen LogP contribution in [0.4, 0.5) is 5.69 Å². The van der Waals surface area contributed by atoms with Crippen LogP contribution in [0, 0.1) is 6.92 Å². The van der Waals surface area contributed by atoms with Gasteiger partial charge < -0.3 is 15.0 Å². The Hall–Kier alpha value is -2.77. The van der Waals surface area contributed by atoms with E-state index >= 15 is 0 Å². The maximum Gasteiger partial charge on any atom is 0.257 e. The Kier molecular flexibility index (Phi) is 6.16. The summed E-state index contributed by atoms with van der Waals surface area (Å²) in [6.45, 7) is 4.31. The Morgan fingerprint density at radius 1 is 0.963 bits per heavy atom. The standard InChI is InChI=1S/C20H21N3O3S/c1-14-2-4-15(5-3-14)18(24)22-20(27)21-17-8-6-16(7-9-17)19(25)23-10-12-26-13-11-23/h2-9H,10-13H2,1H3,(H2,21,22,24,27). The van der Waals surface area contributed by atoms with E-state index in [2.05, 4.69) is 10.6 Å². The maximum atomic E-state index is 12.4. The number of thiocarbonyl (C=S) groups is 1. The van der Waals surface area contributed by atoms with E-state index < -0.39 is 0 Å². The van der Waals surface area contributed by atoms with Crippen LogP contribution in [0.5, 0.6) is 0 Å². The molecule has 2 amide bonds. The Labute approximate surface area is 163 Å². The van der Waals surface area contributed by atoms with E-state index in [1.807, 2.05) is 19.1 Å². The zero-order valence-electron chi connectivity index (χ0n) is 15.0. The van der Waals surface area contributed by atoms with Crippen molar-refractivity contribution in [3.63, 3.8) is 0 Å². The molecule has 2 aromatic rings. The lowest BCUT2D eigenvalue weighted by Crippen LogP contribution is -2.40. The van der Waals surface area contributed by atoms with Crippen molar-refractivity contribution in [3.8, 4) is 0 Å². The number of anilines is 1. The molecule has 27 heavy (non-hydrogen) atoms. The second kappa shape index (κ2) is 8.75. The van der Waals surface area contributed by atoms with E-state index in [4.69, 9.17) is 17.0 Å². The van der Waals surface area contributed by atoms with Crippen LogP contribution in [-0.4, -0.2) is 48.1 Å². The number of benzene rings is 2. The second-order valence-electron chi connectivity index (χ2n) is 6.26. The molecule has 1 aliphatic heterocycles. The third-order valence-corrected chi connectivity index (χ3v) is 4.43. The number of nitrogens with zero attached hydrogens (tertiary/aromatic N) is 1. The van der Waals surface area contributed by atoms with Crippen molar-refractivity contribution in [2.24, 2.45) is 0 Å². The molecule has 140 valence electrons. The van der Waals surface area contributed by atoms with Crippen LogP contribution in [0.15, 0.2) is 48.5 Å². The molecule has 2 N–H and O–H groups in total. The van der Waals surface area contributed by atoms with Crippen LogP contribution in [0.25, 0.3) is 0 Å². The summed E-state index contributed by atoms with van der Waals surface area (Å²) < 4.78 is 5.27. The highest BCUT2D eigenvalue weighted by molar-refractivity contribution is 7.80. The van der Waals surface area contributed by atoms with Crippen LogP contribution in [0.1, 0.15) is 26.3 Å². The number of hydrogen-bond acceptors (Lipinski definition) is 4.